The first-order valence-electron chi connectivity index (χ1n) is 4.58. The fraction of sp³-hybridized carbons (Fsp3) is 0.0909. The number of aromatic nitrogens is 1. The summed E-state index contributed by atoms with van der Waals surface area (Å²) in [4.78, 5) is 4.92. The monoisotopic (exact) mass is 233 g/mol. The van der Waals surface area contributed by atoms with Crippen molar-refractivity contribution >= 4 is 16.5 Å². The number of nitrogens with zero attached hydrogens (tertiary/aromatic N) is 2. The molecule has 0 spiro atoms. The number of benzene rings is 1. The van der Waals surface area contributed by atoms with Gasteiger partial charge in [-0.1, -0.05) is 6.07 Å². The van der Waals surface area contributed by atoms with Crippen LogP contribution in [-0.4, -0.2) is 4.98 Å². The largest absolute Gasteiger partial charge is 0.375 e. The van der Waals surface area contributed by atoms with Gasteiger partial charge in [0.1, 0.15) is 11.9 Å². The van der Waals surface area contributed by atoms with E-state index >= 15 is 0 Å². The number of thiazole rings is 1. The highest BCUT2D eigenvalue weighted by atomic mass is 32.1. The Bertz CT molecular complexity index is 557. The van der Waals surface area contributed by atoms with E-state index < -0.39 is 5.82 Å². The molecule has 1 aromatic carbocycles. The zero-order valence-corrected chi connectivity index (χ0v) is 9.09. The third-order valence-corrected chi connectivity index (χ3v) is 2.93. The highest BCUT2D eigenvalue weighted by molar-refractivity contribution is 7.15. The van der Waals surface area contributed by atoms with Crippen molar-refractivity contribution in [3.8, 4) is 6.07 Å². The number of nitriles is 1. The van der Waals surface area contributed by atoms with Crippen LogP contribution >= 0.6 is 11.3 Å². The number of anilines is 1. The molecule has 0 radical (unpaired) electrons. The summed E-state index contributed by atoms with van der Waals surface area (Å²) in [5.74, 6) is -0.491. The smallest absolute Gasteiger partial charge is 0.180 e. The number of nitrogen functional groups attached to an aromatic ring is 1. The van der Waals surface area contributed by atoms with Gasteiger partial charge in [0.2, 0.25) is 0 Å². The maximum Gasteiger partial charge on any atom is 0.180 e. The molecular formula is C11H8FN3S. The van der Waals surface area contributed by atoms with Crippen LogP contribution in [0.2, 0.25) is 0 Å². The van der Waals surface area contributed by atoms with E-state index in [0.717, 1.165) is 10.4 Å². The van der Waals surface area contributed by atoms with Crippen molar-refractivity contribution < 1.29 is 4.39 Å². The molecule has 0 unspecified atom stereocenters. The molecule has 0 amide bonds. The fourth-order valence-electron chi connectivity index (χ4n) is 1.37. The summed E-state index contributed by atoms with van der Waals surface area (Å²) in [5, 5.41) is 9.21. The molecule has 16 heavy (non-hydrogen) atoms. The molecule has 0 aliphatic heterocycles. The Hall–Kier alpha value is -1.93. The van der Waals surface area contributed by atoms with Crippen LogP contribution in [0.25, 0.3) is 0 Å². The van der Waals surface area contributed by atoms with E-state index in [1.807, 2.05) is 6.07 Å². The number of rotatable bonds is 2. The van der Waals surface area contributed by atoms with Crippen molar-refractivity contribution in [1.29, 1.82) is 5.26 Å². The van der Waals surface area contributed by atoms with Gasteiger partial charge in [-0.25, -0.2) is 9.37 Å². The quantitative estimate of drug-likeness (QED) is 0.865. The predicted molar refractivity (Wildman–Crippen MR) is 60.4 cm³/mol. The van der Waals surface area contributed by atoms with E-state index in [1.54, 1.807) is 18.3 Å². The minimum Gasteiger partial charge on any atom is -0.375 e. The summed E-state index contributed by atoms with van der Waals surface area (Å²) in [6, 6.07) is 6.32. The first-order valence-corrected chi connectivity index (χ1v) is 5.39. The normalized spacial score (nSPS) is 10.0. The molecule has 0 saturated carbocycles. The van der Waals surface area contributed by atoms with Gasteiger partial charge in [-0.15, -0.1) is 11.3 Å². The summed E-state index contributed by atoms with van der Waals surface area (Å²) in [5.41, 5.74) is 6.45. The maximum absolute atomic E-state index is 13.1. The Kier molecular flexibility index (Phi) is 2.84. The molecule has 0 aliphatic carbocycles. The lowest BCUT2D eigenvalue weighted by Crippen LogP contribution is -1.89. The van der Waals surface area contributed by atoms with Crippen LogP contribution < -0.4 is 5.73 Å². The van der Waals surface area contributed by atoms with Crippen LogP contribution in [0, 0.1) is 17.1 Å². The van der Waals surface area contributed by atoms with E-state index in [-0.39, 0.29) is 5.56 Å². The van der Waals surface area contributed by atoms with Crippen molar-refractivity contribution in [3.63, 3.8) is 0 Å². The summed E-state index contributed by atoms with van der Waals surface area (Å²) >= 11 is 1.39. The number of nitrogens with two attached hydrogens (primary N) is 1. The first kappa shape index (κ1) is 10.6. The van der Waals surface area contributed by atoms with E-state index in [4.69, 9.17) is 11.0 Å². The van der Waals surface area contributed by atoms with Crippen LogP contribution in [0.1, 0.15) is 16.0 Å². The summed E-state index contributed by atoms with van der Waals surface area (Å²) in [6.45, 7) is 0. The van der Waals surface area contributed by atoms with Gasteiger partial charge in [0.25, 0.3) is 0 Å². The molecule has 1 aromatic heterocycles. The molecular weight excluding hydrogens is 225 g/mol. The molecule has 0 atom stereocenters. The van der Waals surface area contributed by atoms with Gasteiger partial charge in [-0.2, -0.15) is 5.26 Å². The van der Waals surface area contributed by atoms with Gasteiger partial charge in [-0.3, -0.25) is 0 Å². The molecule has 0 fully saturated rings. The SMILES string of the molecule is N#Cc1cc(Cc2cnc(N)s2)ccc1F. The molecule has 3 nitrogen and oxygen atoms in total. The predicted octanol–water partition coefficient (Wildman–Crippen LogP) is 2.33. The molecule has 0 bridgehead atoms. The highest BCUT2D eigenvalue weighted by Crippen LogP contribution is 2.19. The molecule has 0 saturated heterocycles. The lowest BCUT2D eigenvalue weighted by molar-refractivity contribution is 0.623. The van der Waals surface area contributed by atoms with E-state index in [0.29, 0.717) is 11.6 Å². The van der Waals surface area contributed by atoms with Crippen molar-refractivity contribution in [3.05, 3.63) is 46.2 Å². The Morgan fingerprint density at radius 2 is 2.31 bits per heavy atom. The zero-order chi connectivity index (χ0) is 11.5. The molecule has 1 heterocycles. The Morgan fingerprint density at radius 1 is 1.50 bits per heavy atom. The summed E-state index contributed by atoms with van der Waals surface area (Å²) in [7, 11) is 0. The zero-order valence-electron chi connectivity index (χ0n) is 8.27. The maximum atomic E-state index is 13.1. The standard InChI is InChI=1S/C11H8FN3S/c12-10-2-1-7(3-8(10)5-13)4-9-6-15-11(14)16-9/h1-3,6H,4H2,(H2,14,15). The second kappa shape index (κ2) is 4.29. The van der Waals surface area contributed by atoms with Gasteiger partial charge >= 0.3 is 0 Å². The van der Waals surface area contributed by atoms with E-state index in [9.17, 15) is 4.39 Å². The Morgan fingerprint density at radius 3 is 2.94 bits per heavy atom. The lowest BCUT2D eigenvalue weighted by Gasteiger charge is -1.99. The summed E-state index contributed by atoms with van der Waals surface area (Å²) < 4.78 is 13.1. The highest BCUT2D eigenvalue weighted by Gasteiger charge is 2.05. The Balaban J connectivity index is 2.26. The van der Waals surface area contributed by atoms with Gasteiger partial charge in [0.05, 0.1) is 5.56 Å². The number of hydrogen-bond acceptors (Lipinski definition) is 4. The first-order chi connectivity index (χ1) is 7.69. The van der Waals surface area contributed by atoms with Gasteiger partial charge < -0.3 is 5.73 Å². The van der Waals surface area contributed by atoms with Crippen LogP contribution in [0.5, 0.6) is 0 Å². The average Bonchev–Trinajstić information content (AvgIpc) is 2.67. The third kappa shape index (κ3) is 2.18. The van der Waals surface area contributed by atoms with E-state index in [1.165, 1.54) is 17.4 Å². The van der Waals surface area contributed by atoms with Crippen molar-refractivity contribution in [2.45, 2.75) is 6.42 Å². The molecule has 2 rings (SSSR count). The van der Waals surface area contributed by atoms with Crippen molar-refractivity contribution in [1.82, 2.24) is 4.98 Å². The summed E-state index contributed by atoms with van der Waals surface area (Å²) in [6.07, 6.45) is 2.30. The van der Waals surface area contributed by atoms with Crippen molar-refractivity contribution in [2.75, 3.05) is 5.73 Å². The molecule has 0 aliphatic rings. The second-order valence-corrected chi connectivity index (χ2v) is 4.41. The fourth-order valence-corrected chi connectivity index (χ4v) is 2.09. The molecule has 5 heteroatoms. The minimum absolute atomic E-state index is 0.0648. The van der Waals surface area contributed by atoms with E-state index in [2.05, 4.69) is 4.98 Å². The van der Waals surface area contributed by atoms with Crippen LogP contribution in [-0.2, 0) is 6.42 Å². The lowest BCUT2D eigenvalue weighted by atomic mass is 10.1. The van der Waals surface area contributed by atoms with Gasteiger partial charge in [0.15, 0.2) is 5.13 Å². The molecule has 2 aromatic rings. The van der Waals surface area contributed by atoms with Crippen LogP contribution in [0.4, 0.5) is 9.52 Å². The van der Waals surface area contributed by atoms with Gasteiger partial charge in [0, 0.05) is 17.5 Å². The van der Waals surface area contributed by atoms with Crippen LogP contribution in [0.3, 0.4) is 0 Å². The van der Waals surface area contributed by atoms with Gasteiger partial charge in [-0.05, 0) is 17.7 Å². The Labute approximate surface area is 96.0 Å². The van der Waals surface area contributed by atoms with Crippen molar-refractivity contribution in [2.24, 2.45) is 0 Å². The minimum atomic E-state index is -0.491. The molecule has 2 N–H and O–H groups in total. The average molecular weight is 233 g/mol. The second-order valence-electron chi connectivity index (χ2n) is 3.27. The molecule has 80 valence electrons. The topological polar surface area (TPSA) is 62.7 Å². The number of hydrogen-bond donors (Lipinski definition) is 1. The third-order valence-electron chi connectivity index (χ3n) is 2.10. The number of halogens is 1. The van der Waals surface area contributed by atoms with Crippen LogP contribution in [0.15, 0.2) is 24.4 Å².